The van der Waals surface area contributed by atoms with Crippen LogP contribution in [0.2, 0.25) is 0 Å². The molecule has 1 atom stereocenters. The highest BCUT2D eigenvalue weighted by molar-refractivity contribution is 5.91. The van der Waals surface area contributed by atoms with Crippen LogP contribution in [0.5, 0.6) is 0 Å². The lowest BCUT2D eigenvalue weighted by atomic mass is 9.94. The summed E-state index contributed by atoms with van der Waals surface area (Å²) in [7, 11) is 0. The zero-order chi connectivity index (χ0) is 18.5. The lowest BCUT2D eigenvalue weighted by Gasteiger charge is -2.31. The summed E-state index contributed by atoms with van der Waals surface area (Å²) in [6.45, 7) is 4.75. The van der Waals surface area contributed by atoms with Crippen molar-refractivity contribution in [3.05, 3.63) is 52.9 Å². The van der Waals surface area contributed by atoms with Crippen LogP contribution < -0.4 is 5.32 Å². The van der Waals surface area contributed by atoms with E-state index < -0.39 is 11.6 Å². The summed E-state index contributed by atoms with van der Waals surface area (Å²) < 4.78 is 31.6. The van der Waals surface area contributed by atoms with Gasteiger partial charge in [-0.2, -0.15) is 0 Å². The zero-order valence-corrected chi connectivity index (χ0v) is 14.8. The molecule has 140 valence electrons. The lowest BCUT2D eigenvalue weighted by molar-refractivity contribution is 0.0916. The van der Waals surface area contributed by atoms with Crippen LogP contribution in [0.15, 0.2) is 28.8 Å². The van der Waals surface area contributed by atoms with Crippen molar-refractivity contribution in [1.29, 1.82) is 0 Å². The summed E-state index contributed by atoms with van der Waals surface area (Å²) in [5.41, 5.74) is 1.51. The van der Waals surface area contributed by atoms with E-state index in [1.54, 1.807) is 12.1 Å². The Balaban J connectivity index is 1.62. The maximum Gasteiger partial charge on any atom is 0.289 e. The third kappa shape index (κ3) is 4.46. The van der Waals surface area contributed by atoms with E-state index in [1.807, 2.05) is 6.92 Å². The molecule has 0 spiro atoms. The van der Waals surface area contributed by atoms with Crippen molar-refractivity contribution in [2.24, 2.45) is 0 Å². The SMILES string of the molecule is CCCNC(=O)c1cc(C2CCCN(Cc3ccc(F)c(F)c3)C2)no1. The lowest BCUT2D eigenvalue weighted by Crippen LogP contribution is -2.34. The minimum Gasteiger partial charge on any atom is -0.351 e. The fraction of sp³-hybridized carbons (Fsp3) is 0.474. The van der Waals surface area contributed by atoms with Crippen LogP contribution in [0.1, 0.15) is 53.9 Å². The smallest absolute Gasteiger partial charge is 0.289 e. The third-order valence-electron chi connectivity index (χ3n) is 4.60. The van der Waals surface area contributed by atoms with Gasteiger partial charge in [0.25, 0.3) is 5.91 Å². The van der Waals surface area contributed by atoms with Crippen LogP contribution in [0.25, 0.3) is 0 Å². The van der Waals surface area contributed by atoms with Gasteiger partial charge in [-0.1, -0.05) is 18.1 Å². The van der Waals surface area contributed by atoms with Gasteiger partial charge in [0.2, 0.25) is 5.76 Å². The van der Waals surface area contributed by atoms with Gasteiger partial charge in [-0.3, -0.25) is 9.69 Å². The predicted molar refractivity (Wildman–Crippen MR) is 92.7 cm³/mol. The van der Waals surface area contributed by atoms with E-state index in [4.69, 9.17) is 4.52 Å². The molecule has 1 aromatic carbocycles. The molecule has 1 aliphatic heterocycles. The van der Waals surface area contributed by atoms with Gasteiger partial charge in [0.1, 0.15) is 0 Å². The summed E-state index contributed by atoms with van der Waals surface area (Å²) in [6.07, 6.45) is 2.78. The summed E-state index contributed by atoms with van der Waals surface area (Å²) in [5, 5.41) is 6.83. The van der Waals surface area contributed by atoms with Crippen molar-refractivity contribution < 1.29 is 18.1 Å². The van der Waals surface area contributed by atoms with Crippen LogP contribution >= 0.6 is 0 Å². The van der Waals surface area contributed by atoms with Gasteiger partial charge in [0.05, 0.1) is 5.69 Å². The molecule has 7 heteroatoms. The fourth-order valence-corrected chi connectivity index (χ4v) is 3.25. The third-order valence-corrected chi connectivity index (χ3v) is 4.60. The van der Waals surface area contributed by atoms with Crippen molar-refractivity contribution in [2.75, 3.05) is 19.6 Å². The molecular weight excluding hydrogens is 340 g/mol. The molecule has 5 nitrogen and oxygen atoms in total. The Morgan fingerprint density at radius 3 is 2.96 bits per heavy atom. The number of likely N-dealkylation sites (tertiary alicyclic amines) is 1. The Hall–Kier alpha value is -2.28. The van der Waals surface area contributed by atoms with Crippen LogP contribution in [-0.2, 0) is 6.54 Å². The highest BCUT2D eigenvalue weighted by atomic mass is 19.2. The monoisotopic (exact) mass is 363 g/mol. The molecule has 0 aliphatic carbocycles. The number of rotatable bonds is 6. The van der Waals surface area contributed by atoms with Gasteiger partial charge in [-0.25, -0.2) is 8.78 Å². The van der Waals surface area contributed by atoms with E-state index in [9.17, 15) is 13.6 Å². The number of nitrogens with zero attached hydrogens (tertiary/aromatic N) is 2. The summed E-state index contributed by atoms with van der Waals surface area (Å²) in [6, 6.07) is 5.71. The van der Waals surface area contributed by atoms with Crippen LogP contribution in [0.3, 0.4) is 0 Å². The molecule has 1 N–H and O–H groups in total. The van der Waals surface area contributed by atoms with E-state index in [1.165, 1.54) is 6.07 Å². The molecule has 1 fully saturated rings. The first-order valence-corrected chi connectivity index (χ1v) is 8.98. The Labute approximate surface area is 151 Å². The van der Waals surface area contributed by atoms with Gasteiger partial charge in [-0.15, -0.1) is 0 Å². The Morgan fingerprint density at radius 2 is 2.19 bits per heavy atom. The molecular formula is C19H23F2N3O2. The minimum absolute atomic E-state index is 0.158. The minimum atomic E-state index is -0.832. The number of piperidine rings is 1. The van der Waals surface area contributed by atoms with E-state index in [2.05, 4.69) is 15.4 Å². The molecule has 26 heavy (non-hydrogen) atoms. The number of benzene rings is 1. The van der Waals surface area contributed by atoms with Gasteiger partial charge < -0.3 is 9.84 Å². The van der Waals surface area contributed by atoms with Crippen molar-refractivity contribution in [3.8, 4) is 0 Å². The van der Waals surface area contributed by atoms with Crippen molar-refractivity contribution in [1.82, 2.24) is 15.4 Å². The van der Waals surface area contributed by atoms with Crippen molar-refractivity contribution in [3.63, 3.8) is 0 Å². The first kappa shape index (κ1) is 18.5. The number of hydrogen-bond acceptors (Lipinski definition) is 4. The molecule has 3 rings (SSSR count). The Morgan fingerprint density at radius 1 is 1.35 bits per heavy atom. The first-order valence-electron chi connectivity index (χ1n) is 8.98. The number of hydrogen-bond donors (Lipinski definition) is 1. The average molecular weight is 363 g/mol. The number of carbonyl (C=O) groups excluding carboxylic acids is 1. The highest BCUT2D eigenvalue weighted by Gasteiger charge is 2.25. The second kappa shape index (κ2) is 8.40. The molecule has 2 heterocycles. The number of halogens is 2. The largest absolute Gasteiger partial charge is 0.351 e. The molecule has 0 saturated carbocycles. The predicted octanol–water partition coefficient (Wildman–Crippen LogP) is 3.47. The number of carbonyl (C=O) groups is 1. The van der Waals surface area contributed by atoms with Crippen molar-refractivity contribution >= 4 is 5.91 Å². The molecule has 1 aromatic heterocycles. The number of amides is 1. The van der Waals surface area contributed by atoms with Gasteiger partial charge in [0, 0.05) is 31.6 Å². The molecule has 1 unspecified atom stereocenters. The maximum atomic E-state index is 13.4. The van der Waals surface area contributed by atoms with E-state index in [0.29, 0.717) is 13.1 Å². The molecule has 1 saturated heterocycles. The molecule has 0 radical (unpaired) electrons. The number of aromatic nitrogens is 1. The maximum absolute atomic E-state index is 13.4. The van der Waals surface area contributed by atoms with E-state index in [-0.39, 0.29) is 17.6 Å². The van der Waals surface area contributed by atoms with Gasteiger partial charge in [-0.05, 0) is 43.5 Å². The molecule has 1 amide bonds. The summed E-state index contributed by atoms with van der Waals surface area (Å²) >= 11 is 0. The second-order valence-corrected chi connectivity index (χ2v) is 6.69. The molecule has 0 bridgehead atoms. The zero-order valence-electron chi connectivity index (χ0n) is 14.8. The van der Waals surface area contributed by atoms with Gasteiger partial charge in [0.15, 0.2) is 11.6 Å². The van der Waals surface area contributed by atoms with E-state index in [0.717, 1.165) is 49.7 Å². The average Bonchev–Trinajstić information content (AvgIpc) is 3.13. The quantitative estimate of drug-likeness (QED) is 0.854. The van der Waals surface area contributed by atoms with Crippen LogP contribution in [0.4, 0.5) is 8.78 Å². The standard InChI is InChI=1S/C19H23F2N3O2/c1-2-7-22-19(25)18-10-17(23-26-18)14-4-3-8-24(12-14)11-13-5-6-15(20)16(21)9-13/h5-6,9-10,14H,2-4,7-8,11-12H2,1H3,(H,22,25). The fourth-order valence-electron chi connectivity index (χ4n) is 3.25. The first-order chi connectivity index (χ1) is 12.6. The molecule has 2 aromatic rings. The second-order valence-electron chi connectivity index (χ2n) is 6.69. The number of nitrogens with one attached hydrogen (secondary N) is 1. The summed E-state index contributed by atoms with van der Waals surface area (Å²) in [4.78, 5) is 14.1. The normalized spacial score (nSPS) is 18.0. The van der Waals surface area contributed by atoms with Crippen molar-refractivity contribution in [2.45, 2.75) is 38.6 Å². The van der Waals surface area contributed by atoms with Crippen LogP contribution in [0, 0.1) is 11.6 Å². The Kier molecular flexibility index (Phi) is 5.98. The molecule has 1 aliphatic rings. The topological polar surface area (TPSA) is 58.4 Å². The summed E-state index contributed by atoms with van der Waals surface area (Å²) in [5.74, 6) is -1.52. The Bertz CT molecular complexity index is 763. The van der Waals surface area contributed by atoms with E-state index >= 15 is 0 Å². The van der Waals surface area contributed by atoms with Crippen LogP contribution in [-0.4, -0.2) is 35.6 Å². The highest BCUT2D eigenvalue weighted by Crippen LogP contribution is 2.27. The van der Waals surface area contributed by atoms with Gasteiger partial charge >= 0.3 is 0 Å².